The second-order valence-corrected chi connectivity index (χ2v) is 11.6. The summed E-state index contributed by atoms with van der Waals surface area (Å²) in [5.74, 6) is -0.727. The van der Waals surface area contributed by atoms with Gasteiger partial charge in [0.1, 0.15) is 10.6 Å². The third-order valence-corrected chi connectivity index (χ3v) is 9.56. The van der Waals surface area contributed by atoms with E-state index in [0.717, 1.165) is 36.4 Å². The highest BCUT2D eigenvalue weighted by Crippen LogP contribution is 2.53. The highest BCUT2D eigenvalue weighted by molar-refractivity contribution is 7.92. The van der Waals surface area contributed by atoms with E-state index >= 15 is 0 Å². The molecule has 2 aromatic carbocycles. The lowest BCUT2D eigenvalue weighted by atomic mass is 9.74. The number of halogens is 7. The van der Waals surface area contributed by atoms with Gasteiger partial charge in [-0.25, -0.2) is 17.6 Å². The molecule has 2 fully saturated rings. The Morgan fingerprint density at radius 1 is 0.923 bits per heavy atom. The smallest absolute Gasteiger partial charge is 0.378 e. The number of ether oxygens (including phenoxy) is 1. The Bertz CT molecular complexity index is 1290. The molecule has 0 bridgehead atoms. The largest absolute Gasteiger partial charge is 0.430 e. The molecule has 15 heteroatoms. The maximum atomic E-state index is 13.7. The Morgan fingerprint density at radius 2 is 1.44 bits per heavy atom. The van der Waals surface area contributed by atoms with Gasteiger partial charge in [-0.05, 0) is 42.7 Å². The van der Waals surface area contributed by atoms with E-state index in [1.165, 1.54) is 4.90 Å². The number of amides is 2. The summed E-state index contributed by atoms with van der Waals surface area (Å²) < 4.78 is 124. The Kier molecular flexibility index (Phi) is 7.40. The van der Waals surface area contributed by atoms with Crippen LogP contribution in [0.1, 0.15) is 24.0 Å². The SMILES string of the molecule is O=C(NC1CC(c2ccc(C(O)(C(F)(F)F)C(F)(F)F)cc2)(S(=O)(=O)c2ccc(F)cc2)C1)N1CCOCC1. The second kappa shape index (κ2) is 9.93. The first-order chi connectivity index (χ1) is 18.0. The molecule has 1 aliphatic heterocycles. The molecule has 0 aromatic heterocycles. The molecule has 2 aliphatic rings. The van der Waals surface area contributed by atoms with Gasteiger partial charge in [-0.2, -0.15) is 26.3 Å². The Morgan fingerprint density at radius 3 is 1.92 bits per heavy atom. The van der Waals surface area contributed by atoms with Crippen molar-refractivity contribution in [2.75, 3.05) is 26.3 Å². The van der Waals surface area contributed by atoms with Crippen LogP contribution in [-0.4, -0.2) is 69.2 Å². The van der Waals surface area contributed by atoms with E-state index < -0.39 is 56.0 Å². The summed E-state index contributed by atoms with van der Waals surface area (Å²) in [7, 11) is -4.39. The predicted octanol–water partition coefficient (Wildman–Crippen LogP) is 4.01. The zero-order chi connectivity index (χ0) is 28.9. The fourth-order valence-electron chi connectivity index (χ4n) is 4.82. The molecule has 0 unspecified atom stereocenters. The monoisotopic (exact) mass is 584 g/mol. The zero-order valence-electron chi connectivity index (χ0n) is 20.0. The van der Waals surface area contributed by atoms with Crippen LogP contribution in [0.3, 0.4) is 0 Å². The lowest BCUT2D eigenvalue weighted by Crippen LogP contribution is -2.59. The molecule has 0 radical (unpaired) electrons. The first-order valence-electron chi connectivity index (χ1n) is 11.6. The van der Waals surface area contributed by atoms with E-state index in [2.05, 4.69) is 5.32 Å². The van der Waals surface area contributed by atoms with Crippen LogP contribution in [-0.2, 0) is 24.9 Å². The van der Waals surface area contributed by atoms with Gasteiger partial charge in [0.15, 0.2) is 9.84 Å². The molecule has 0 spiro atoms. The predicted molar refractivity (Wildman–Crippen MR) is 122 cm³/mol. The molecule has 39 heavy (non-hydrogen) atoms. The quantitative estimate of drug-likeness (QED) is 0.409. The van der Waals surface area contributed by atoms with Crippen LogP contribution in [0.2, 0.25) is 0 Å². The molecule has 1 aliphatic carbocycles. The third kappa shape index (κ3) is 4.95. The number of aliphatic hydroxyl groups is 1. The second-order valence-electron chi connectivity index (χ2n) is 9.39. The Balaban J connectivity index is 1.70. The van der Waals surface area contributed by atoms with E-state index in [1.54, 1.807) is 0 Å². The van der Waals surface area contributed by atoms with E-state index in [0.29, 0.717) is 38.4 Å². The van der Waals surface area contributed by atoms with E-state index in [1.807, 2.05) is 0 Å². The minimum atomic E-state index is -6.12. The van der Waals surface area contributed by atoms with Crippen molar-refractivity contribution in [1.29, 1.82) is 0 Å². The molecule has 1 saturated heterocycles. The number of hydrogen-bond donors (Lipinski definition) is 2. The maximum Gasteiger partial charge on any atom is 0.430 e. The number of carbonyl (C=O) groups excluding carboxylic acids is 1. The van der Waals surface area contributed by atoms with E-state index in [9.17, 15) is 49.1 Å². The van der Waals surface area contributed by atoms with Gasteiger partial charge >= 0.3 is 18.4 Å². The van der Waals surface area contributed by atoms with Crippen molar-refractivity contribution in [3.63, 3.8) is 0 Å². The molecule has 2 amide bonds. The summed E-state index contributed by atoms with van der Waals surface area (Å²) in [5.41, 5.74) is -6.88. The third-order valence-electron chi connectivity index (χ3n) is 7.07. The molecule has 1 saturated carbocycles. The molecule has 2 aromatic rings. The molecular formula is C24H23F7N2O5S. The summed E-state index contributed by atoms with van der Waals surface area (Å²) >= 11 is 0. The summed E-state index contributed by atoms with van der Waals surface area (Å²) in [6.07, 6.45) is -12.7. The first-order valence-corrected chi connectivity index (χ1v) is 13.1. The average Bonchev–Trinajstić information content (AvgIpc) is 2.84. The number of urea groups is 1. The maximum absolute atomic E-state index is 13.7. The number of rotatable bonds is 5. The molecule has 1 heterocycles. The lowest BCUT2D eigenvalue weighted by molar-refractivity contribution is -0.376. The van der Waals surface area contributed by atoms with Gasteiger partial charge < -0.3 is 20.1 Å². The molecule has 7 nitrogen and oxygen atoms in total. The van der Waals surface area contributed by atoms with Crippen molar-refractivity contribution in [2.45, 2.75) is 46.5 Å². The summed E-state index contributed by atoms with van der Waals surface area (Å²) in [6, 6.07) is 4.90. The number of sulfone groups is 1. The Hall–Kier alpha value is -2.91. The molecule has 2 N–H and O–H groups in total. The van der Waals surface area contributed by atoms with Crippen molar-refractivity contribution in [3.05, 3.63) is 65.5 Å². The normalized spacial score (nSPS) is 22.8. The van der Waals surface area contributed by atoms with Crippen LogP contribution in [0.5, 0.6) is 0 Å². The van der Waals surface area contributed by atoms with Gasteiger partial charge in [0.25, 0.3) is 5.60 Å². The number of benzene rings is 2. The van der Waals surface area contributed by atoms with Crippen molar-refractivity contribution < 1.29 is 53.8 Å². The topological polar surface area (TPSA) is 95.9 Å². The van der Waals surface area contributed by atoms with Crippen LogP contribution in [0.4, 0.5) is 35.5 Å². The Labute approximate surface area is 218 Å². The minimum Gasteiger partial charge on any atom is -0.378 e. The van der Waals surface area contributed by atoms with Gasteiger partial charge in [0, 0.05) is 24.7 Å². The number of nitrogens with zero attached hydrogens (tertiary/aromatic N) is 1. The van der Waals surface area contributed by atoms with E-state index in [4.69, 9.17) is 4.74 Å². The standard InChI is InChI=1S/C24H23F7N2O5S/c25-17-5-7-19(8-6-17)39(36,37)21(13-18(14-21)32-20(34)33-9-11-38-12-10-33)15-1-3-16(4-2-15)22(35,23(26,27)28)24(29,30)31/h1-8,18,35H,9-14H2,(H,32,34). The molecule has 214 valence electrons. The number of nitrogens with one attached hydrogen (secondary N) is 1. The van der Waals surface area contributed by atoms with Gasteiger partial charge in [-0.1, -0.05) is 24.3 Å². The van der Waals surface area contributed by atoms with Crippen molar-refractivity contribution in [3.8, 4) is 0 Å². The zero-order valence-corrected chi connectivity index (χ0v) is 20.8. The number of morpholine rings is 1. The summed E-state index contributed by atoms with van der Waals surface area (Å²) in [6.45, 7) is 1.24. The van der Waals surface area contributed by atoms with Gasteiger partial charge in [0.05, 0.1) is 18.1 Å². The van der Waals surface area contributed by atoms with Crippen molar-refractivity contribution in [2.24, 2.45) is 0 Å². The van der Waals surface area contributed by atoms with Gasteiger partial charge in [-0.3, -0.25) is 0 Å². The van der Waals surface area contributed by atoms with E-state index in [-0.39, 0.29) is 23.3 Å². The van der Waals surface area contributed by atoms with Crippen LogP contribution in [0.25, 0.3) is 0 Å². The van der Waals surface area contributed by atoms with Crippen LogP contribution in [0, 0.1) is 5.82 Å². The van der Waals surface area contributed by atoms with Crippen molar-refractivity contribution in [1.82, 2.24) is 10.2 Å². The molecule has 4 rings (SSSR count). The summed E-state index contributed by atoms with van der Waals surface area (Å²) in [5, 5.41) is 12.4. The first kappa shape index (κ1) is 29.1. The highest BCUT2D eigenvalue weighted by atomic mass is 32.2. The van der Waals surface area contributed by atoms with Crippen LogP contribution < -0.4 is 5.32 Å². The van der Waals surface area contributed by atoms with Crippen LogP contribution >= 0.6 is 0 Å². The molecular weight excluding hydrogens is 561 g/mol. The van der Waals surface area contributed by atoms with Crippen molar-refractivity contribution >= 4 is 15.9 Å². The average molecular weight is 585 g/mol. The fraction of sp³-hybridized carbons (Fsp3) is 0.458. The van der Waals surface area contributed by atoms with Gasteiger partial charge in [0.2, 0.25) is 0 Å². The minimum absolute atomic E-state index is 0.154. The number of hydrogen-bond acceptors (Lipinski definition) is 5. The lowest BCUT2D eigenvalue weighted by Gasteiger charge is -2.48. The number of alkyl halides is 6. The van der Waals surface area contributed by atoms with Gasteiger partial charge in [-0.15, -0.1) is 0 Å². The summed E-state index contributed by atoms with van der Waals surface area (Å²) in [4.78, 5) is 13.7. The highest BCUT2D eigenvalue weighted by Gasteiger charge is 2.71. The molecule has 0 atom stereocenters. The van der Waals surface area contributed by atoms with Crippen LogP contribution in [0.15, 0.2) is 53.4 Å². The number of carbonyl (C=O) groups is 1. The fourth-order valence-corrected chi connectivity index (χ4v) is 7.06.